The Morgan fingerprint density at radius 3 is 1.57 bits per heavy atom. The monoisotopic (exact) mass is 1230 g/mol. The minimum absolute atomic E-state index is 0.0406. The van der Waals surface area contributed by atoms with Crippen molar-refractivity contribution < 1.29 is 33.3 Å². The van der Waals surface area contributed by atoms with Crippen molar-refractivity contribution in [1.82, 2.24) is 63.3 Å². The molecule has 3 saturated heterocycles. The molecule has 4 aliphatic rings. The van der Waals surface area contributed by atoms with Crippen molar-refractivity contribution in [3.63, 3.8) is 0 Å². The SMILES string of the molecule is CC1CC(=O)CCN1C(=O)OC(C)(C)C.CC1CC(N2CC(CC#N)(n3cc(-c4ncnc5c4ccn5COCC[Si](C)(C)C)cn3)C2)CCN1C(=O)OC(C)(C)C.C[Si](C)(C)CCOCn1ccc2c(-c3cnn(C4(CC#N)CCC4)c3)ncnc21. The summed E-state index contributed by atoms with van der Waals surface area (Å²) in [5.74, 6) is 0.224. The van der Waals surface area contributed by atoms with Gasteiger partial charge >= 0.3 is 12.2 Å². The topological polar surface area (TPSA) is 242 Å². The van der Waals surface area contributed by atoms with E-state index in [1.54, 1.807) is 17.6 Å². The number of fused-ring (bicyclic) bond motifs is 2. The van der Waals surface area contributed by atoms with Crippen LogP contribution >= 0.6 is 0 Å². The molecule has 3 aliphatic heterocycles. The van der Waals surface area contributed by atoms with Gasteiger partial charge in [-0.1, -0.05) is 39.3 Å². The summed E-state index contributed by atoms with van der Waals surface area (Å²) in [4.78, 5) is 59.6. The lowest BCUT2D eigenvalue weighted by Gasteiger charge is -2.54. The normalized spacial score (nSPS) is 19.6. The molecule has 10 rings (SSSR count). The van der Waals surface area contributed by atoms with Gasteiger partial charge < -0.3 is 37.9 Å². The minimum atomic E-state index is -1.15. The number of hydrogen-bond acceptors (Lipinski definition) is 16. The number of hydrogen-bond donors (Lipinski definition) is 0. The number of ketones is 1. The maximum atomic E-state index is 12.7. The van der Waals surface area contributed by atoms with E-state index in [0.717, 1.165) is 115 Å². The van der Waals surface area contributed by atoms with Crippen LogP contribution in [0.25, 0.3) is 44.6 Å². The number of amides is 2. The fourth-order valence-electron chi connectivity index (χ4n) is 11.5. The Morgan fingerprint density at radius 2 is 1.15 bits per heavy atom. The largest absolute Gasteiger partial charge is 0.444 e. The van der Waals surface area contributed by atoms with Gasteiger partial charge in [0.1, 0.15) is 59.9 Å². The highest BCUT2D eigenvalue weighted by Crippen LogP contribution is 2.43. The Labute approximate surface area is 515 Å². The molecule has 24 heteroatoms. The van der Waals surface area contributed by atoms with Crippen LogP contribution in [-0.2, 0) is 48.3 Å². The van der Waals surface area contributed by atoms with Gasteiger partial charge in [-0.3, -0.25) is 19.1 Å². The molecule has 0 aromatic carbocycles. The summed E-state index contributed by atoms with van der Waals surface area (Å²) in [6, 6.07) is 11.5. The summed E-state index contributed by atoms with van der Waals surface area (Å²) in [5.41, 5.74) is 3.74. The molecule has 1 aliphatic carbocycles. The summed E-state index contributed by atoms with van der Waals surface area (Å²) < 4.78 is 30.7. The molecule has 1 saturated carbocycles. The lowest BCUT2D eigenvalue weighted by atomic mass is 9.75. The lowest BCUT2D eigenvalue weighted by molar-refractivity contribution is -0.122. The van der Waals surface area contributed by atoms with E-state index in [-0.39, 0.29) is 41.1 Å². The Bertz CT molecular complexity index is 3410. The minimum Gasteiger partial charge on any atom is -0.444 e. The van der Waals surface area contributed by atoms with Crippen LogP contribution in [-0.4, -0.2) is 166 Å². The molecule has 6 aromatic rings. The maximum Gasteiger partial charge on any atom is 0.410 e. The quantitative estimate of drug-likeness (QED) is 0.0609. The summed E-state index contributed by atoms with van der Waals surface area (Å²) in [6.07, 6.45) is 21.1. The average molecular weight is 1230 g/mol. The molecule has 3 unspecified atom stereocenters. The number of nitriles is 2. The van der Waals surface area contributed by atoms with E-state index in [0.29, 0.717) is 58.3 Å². The Morgan fingerprint density at radius 1 is 0.678 bits per heavy atom. The van der Waals surface area contributed by atoms with E-state index >= 15 is 0 Å². The number of rotatable bonds is 17. The number of nitrogens with zero attached hydrogens (tertiary/aromatic N) is 15. The zero-order valence-corrected chi connectivity index (χ0v) is 56.0. The van der Waals surface area contributed by atoms with Gasteiger partial charge in [-0.15, -0.1) is 0 Å². The molecular weight excluding hydrogens is 1130 g/mol. The molecule has 0 bridgehead atoms. The third kappa shape index (κ3) is 16.9. The van der Waals surface area contributed by atoms with Crippen molar-refractivity contribution in [1.29, 1.82) is 10.5 Å². The van der Waals surface area contributed by atoms with Crippen molar-refractivity contribution >= 4 is 56.2 Å². The molecule has 3 atom stereocenters. The summed E-state index contributed by atoms with van der Waals surface area (Å²) >= 11 is 0. The lowest BCUT2D eigenvalue weighted by Crippen LogP contribution is -2.67. The average Bonchev–Trinajstić information content (AvgIpc) is 1.82. The number of Topliss-reactive ketones (excluding diaryl/α,β-unsaturated/α-hetero) is 1. The van der Waals surface area contributed by atoms with Crippen molar-refractivity contribution in [3.8, 4) is 34.7 Å². The maximum absolute atomic E-state index is 12.7. The van der Waals surface area contributed by atoms with E-state index in [1.165, 1.54) is 0 Å². The van der Waals surface area contributed by atoms with Gasteiger partial charge in [0.2, 0.25) is 0 Å². The van der Waals surface area contributed by atoms with Crippen LogP contribution in [0.3, 0.4) is 0 Å². The highest BCUT2D eigenvalue weighted by Gasteiger charge is 2.49. The molecule has 9 heterocycles. The highest BCUT2D eigenvalue weighted by atomic mass is 28.3. The van der Waals surface area contributed by atoms with Gasteiger partial charge in [0.25, 0.3) is 0 Å². The standard InChI is InChI=1S/C31H46N8O3Si.C21H28N6OSi.C11H19NO3/c1-23-16-25(8-13-38(23)29(40)42-30(2,3)4)37-19-31(20-37,10-11-32)39-18-24(17-35-39)27-26-9-12-36(28(26)34-21-33-27)22-41-14-15-43(5,6)7;1-29(2,3)12-11-28-16-26-10-5-18-19(23-15-24-20(18)26)17-13-25-27(14-17)21(8-9-22)6-4-7-21;1-8-7-9(13)5-6-12(8)10(14)15-11(2,3)4/h9,12,17-18,21,23,25H,8,10,13-16,19-20,22H2,1-7H3;5,10,13-15H,4,6-8,11-12,16H2,1-3H3;8H,5-7H2,1-4H3. The number of carbonyl (C=O) groups excluding carboxylic acids is 3. The van der Waals surface area contributed by atoms with E-state index in [2.05, 4.69) is 88.3 Å². The van der Waals surface area contributed by atoms with Gasteiger partial charge in [-0.25, -0.2) is 29.5 Å². The summed E-state index contributed by atoms with van der Waals surface area (Å²) in [6.45, 7) is 34.4. The second kappa shape index (κ2) is 27.3. The first-order chi connectivity index (χ1) is 41.0. The second-order valence-corrected chi connectivity index (χ2v) is 39.9. The summed E-state index contributed by atoms with van der Waals surface area (Å²) in [5, 5.41) is 30.2. The molecule has 0 spiro atoms. The molecule has 0 radical (unpaired) electrons. The smallest absolute Gasteiger partial charge is 0.410 e. The Hall–Kier alpha value is -6.84. The van der Waals surface area contributed by atoms with Crippen LogP contribution in [0.1, 0.15) is 113 Å². The first kappa shape index (κ1) is 66.1. The fourth-order valence-corrected chi connectivity index (χ4v) is 13.0. The molecule has 87 heavy (non-hydrogen) atoms. The molecule has 4 fully saturated rings. The molecule has 0 N–H and O–H groups in total. The van der Waals surface area contributed by atoms with Crippen molar-refractivity contribution in [2.24, 2.45) is 0 Å². The number of carbonyl (C=O) groups is 3. The molecule has 2 amide bonds. The number of aromatic nitrogens is 10. The Balaban J connectivity index is 0.000000191. The zero-order chi connectivity index (χ0) is 63.1. The second-order valence-electron chi connectivity index (χ2n) is 28.6. The van der Waals surface area contributed by atoms with Crippen LogP contribution in [0.5, 0.6) is 0 Å². The first-order valence-corrected chi connectivity index (χ1v) is 38.3. The highest BCUT2D eigenvalue weighted by molar-refractivity contribution is 6.76. The van der Waals surface area contributed by atoms with Crippen LogP contribution < -0.4 is 0 Å². The van der Waals surface area contributed by atoms with Crippen LogP contribution in [0.4, 0.5) is 9.59 Å². The molecule has 470 valence electrons. The third-order valence-electron chi connectivity index (χ3n) is 16.7. The van der Waals surface area contributed by atoms with Crippen LogP contribution in [0.2, 0.25) is 51.4 Å². The van der Waals surface area contributed by atoms with Gasteiger partial charge in [0, 0.05) is 133 Å². The number of ether oxygens (including phenoxy) is 4. The van der Waals surface area contributed by atoms with Crippen LogP contribution in [0.15, 0.2) is 62.0 Å². The van der Waals surface area contributed by atoms with Gasteiger partial charge in [-0.2, -0.15) is 20.7 Å². The van der Waals surface area contributed by atoms with E-state index in [9.17, 15) is 24.9 Å². The molecular formula is C63H93N15O7Si2. The fraction of sp³-hybridized carbons (Fsp3) is 0.635. The third-order valence-corrected chi connectivity index (χ3v) is 20.1. The van der Waals surface area contributed by atoms with E-state index < -0.39 is 27.3 Å². The van der Waals surface area contributed by atoms with E-state index in [4.69, 9.17) is 24.0 Å². The van der Waals surface area contributed by atoms with Gasteiger partial charge in [-0.05, 0) is 112 Å². The van der Waals surface area contributed by atoms with Gasteiger partial charge in [0.15, 0.2) is 0 Å². The van der Waals surface area contributed by atoms with Crippen molar-refractivity contribution in [2.45, 2.75) is 218 Å². The van der Waals surface area contributed by atoms with Crippen molar-refractivity contribution in [2.75, 3.05) is 39.4 Å². The Kier molecular flexibility index (Phi) is 20.7. The number of likely N-dealkylation sites (tertiary alicyclic amines) is 3. The predicted molar refractivity (Wildman–Crippen MR) is 340 cm³/mol. The zero-order valence-electron chi connectivity index (χ0n) is 54.0. The predicted octanol–water partition coefficient (Wildman–Crippen LogP) is 11.7. The van der Waals surface area contributed by atoms with E-state index in [1.807, 2.05) is 121 Å². The van der Waals surface area contributed by atoms with Gasteiger partial charge in [0.05, 0.1) is 54.3 Å². The van der Waals surface area contributed by atoms with Crippen LogP contribution in [0, 0.1) is 22.7 Å². The number of piperidine rings is 2. The van der Waals surface area contributed by atoms with Crippen molar-refractivity contribution in [3.05, 3.63) is 62.0 Å². The molecule has 6 aromatic heterocycles. The summed E-state index contributed by atoms with van der Waals surface area (Å²) in [7, 11) is -2.24. The molecule has 22 nitrogen and oxygen atoms in total. The first-order valence-electron chi connectivity index (χ1n) is 30.8.